The van der Waals surface area contributed by atoms with Gasteiger partial charge in [-0.1, -0.05) is 30.3 Å². The molecule has 2 saturated heterocycles. The van der Waals surface area contributed by atoms with E-state index in [-0.39, 0.29) is 19.1 Å². The van der Waals surface area contributed by atoms with Gasteiger partial charge in [0.2, 0.25) is 0 Å². The summed E-state index contributed by atoms with van der Waals surface area (Å²) in [5.74, 6) is -2.54. The van der Waals surface area contributed by atoms with E-state index in [1.54, 1.807) is 0 Å². The summed E-state index contributed by atoms with van der Waals surface area (Å²) in [6, 6.07) is 10.4. The molecule has 2 aliphatic rings. The summed E-state index contributed by atoms with van der Waals surface area (Å²) < 4.78 is 33.0. The molecule has 128 valence electrons. The highest BCUT2D eigenvalue weighted by molar-refractivity contribution is 5.14. The van der Waals surface area contributed by atoms with E-state index >= 15 is 0 Å². The Morgan fingerprint density at radius 1 is 1.09 bits per heavy atom. The van der Waals surface area contributed by atoms with Gasteiger partial charge in [0.05, 0.1) is 12.6 Å². The predicted molar refractivity (Wildman–Crippen MR) is 86.7 cm³/mol. The summed E-state index contributed by atoms with van der Waals surface area (Å²) in [6.07, 6.45) is 1.62. The van der Waals surface area contributed by atoms with Crippen LogP contribution in [-0.2, 0) is 11.3 Å². The molecular weight excluding hydrogens is 298 g/mol. The van der Waals surface area contributed by atoms with Crippen molar-refractivity contribution in [1.82, 2.24) is 9.80 Å². The standard InChI is InChI=1S/C18H26F2N2O/c19-18(20)8-4-9-22(15-18)14-17-13-21(10-5-11-23-17)12-16-6-2-1-3-7-16/h1-3,6-7,17H,4-5,8-15H2. The molecule has 0 aliphatic carbocycles. The van der Waals surface area contributed by atoms with Gasteiger partial charge in [-0.15, -0.1) is 0 Å². The highest BCUT2D eigenvalue weighted by atomic mass is 19.3. The smallest absolute Gasteiger partial charge is 0.260 e. The van der Waals surface area contributed by atoms with Crippen molar-refractivity contribution in [2.75, 3.05) is 39.3 Å². The Hall–Kier alpha value is -1.04. The first-order valence-corrected chi connectivity index (χ1v) is 8.59. The van der Waals surface area contributed by atoms with Crippen LogP contribution < -0.4 is 0 Å². The van der Waals surface area contributed by atoms with Crippen LogP contribution >= 0.6 is 0 Å². The molecular formula is C18H26F2N2O. The number of halogens is 2. The highest BCUT2D eigenvalue weighted by Crippen LogP contribution is 2.26. The molecule has 2 fully saturated rings. The van der Waals surface area contributed by atoms with Crippen molar-refractivity contribution in [3.63, 3.8) is 0 Å². The molecule has 0 amide bonds. The van der Waals surface area contributed by atoms with E-state index in [4.69, 9.17) is 4.74 Å². The summed E-state index contributed by atoms with van der Waals surface area (Å²) in [5, 5.41) is 0. The number of ether oxygens (including phenoxy) is 1. The first-order chi connectivity index (χ1) is 11.1. The Bertz CT molecular complexity index is 483. The molecule has 3 rings (SSSR count). The second kappa shape index (κ2) is 7.69. The fraction of sp³-hybridized carbons (Fsp3) is 0.667. The molecule has 0 N–H and O–H groups in total. The Balaban J connectivity index is 1.54. The third kappa shape index (κ3) is 5.23. The predicted octanol–water partition coefficient (Wildman–Crippen LogP) is 3.01. The van der Waals surface area contributed by atoms with Gasteiger partial charge in [-0.05, 0) is 24.9 Å². The zero-order chi connectivity index (χ0) is 16.1. The van der Waals surface area contributed by atoms with Crippen LogP contribution in [-0.4, -0.2) is 61.2 Å². The minimum atomic E-state index is -2.54. The monoisotopic (exact) mass is 324 g/mol. The van der Waals surface area contributed by atoms with E-state index in [2.05, 4.69) is 29.2 Å². The van der Waals surface area contributed by atoms with E-state index < -0.39 is 5.92 Å². The maximum absolute atomic E-state index is 13.6. The average molecular weight is 324 g/mol. The van der Waals surface area contributed by atoms with E-state index in [1.807, 2.05) is 11.0 Å². The molecule has 1 aromatic rings. The maximum Gasteiger partial charge on any atom is 0.260 e. The Labute approximate surface area is 137 Å². The molecule has 23 heavy (non-hydrogen) atoms. The van der Waals surface area contributed by atoms with E-state index in [1.165, 1.54) is 5.56 Å². The zero-order valence-corrected chi connectivity index (χ0v) is 13.6. The Morgan fingerprint density at radius 2 is 1.87 bits per heavy atom. The molecule has 0 spiro atoms. The lowest BCUT2D eigenvalue weighted by Gasteiger charge is -2.35. The van der Waals surface area contributed by atoms with Crippen LogP contribution in [0, 0.1) is 0 Å². The number of benzene rings is 1. The van der Waals surface area contributed by atoms with E-state index in [0.29, 0.717) is 13.0 Å². The molecule has 0 aromatic heterocycles. The van der Waals surface area contributed by atoms with Gasteiger partial charge in [0.1, 0.15) is 0 Å². The summed E-state index contributed by atoms with van der Waals surface area (Å²) in [6.45, 7) is 4.69. The molecule has 0 radical (unpaired) electrons. The summed E-state index contributed by atoms with van der Waals surface area (Å²) in [4.78, 5) is 4.26. The van der Waals surface area contributed by atoms with Crippen LogP contribution in [0.1, 0.15) is 24.8 Å². The lowest BCUT2D eigenvalue weighted by Crippen LogP contribution is -2.47. The quantitative estimate of drug-likeness (QED) is 0.847. The molecule has 0 saturated carbocycles. The van der Waals surface area contributed by atoms with Crippen LogP contribution in [0.2, 0.25) is 0 Å². The van der Waals surface area contributed by atoms with Crippen molar-refractivity contribution in [3.8, 4) is 0 Å². The van der Waals surface area contributed by atoms with Gasteiger partial charge >= 0.3 is 0 Å². The normalized spacial score (nSPS) is 26.8. The topological polar surface area (TPSA) is 15.7 Å². The first-order valence-electron chi connectivity index (χ1n) is 8.59. The molecule has 0 bridgehead atoms. The van der Waals surface area contributed by atoms with Gasteiger partial charge in [0.25, 0.3) is 5.92 Å². The second-order valence-electron chi connectivity index (χ2n) is 6.76. The molecule has 1 unspecified atom stereocenters. The lowest BCUT2D eigenvalue weighted by molar-refractivity contribution is -0.0774. The van der Waals surface area contributed by atoms with Gasteiger partial charge in [0, 0.05) is 39.2 Å². The number of rotatable bonds is 4. The zero-order valence-electron chi connectivity index (χ0n) is 13.6. The lowest BCUT2D eigenvalue weighted by atomic mass is 10.1. The minimum Gasteiger partial charge on any atom is -0.376 e. The Kier molecular flexibility index (Phi) is 5.62. The molecule has 3 nitrogen and oxygen atoms in total. The van der Waals surface area contributed by atoms with Crippen LogP contribution in [0.25, 0.3) is 0 Å². The minimum absolute atomic E-state index is 0.0230. The largest absolute Gasteiger partial charge is 0.376 e. The maximum atomic E-state index is 13.6. The van der Waals surface area contributed by atoms with Gasteiger partial charge < -0.3 is 4.74 Å². The number of likely N-dealkylation sites (tertiary alicyclic amines) is 1. The fourth-order valence-electron chi connectivity index (χ4n) is 3.56. The SMILES string of the molecule is FC1(F)CCCN(CC2CN(Cc3ccccc3)CCCO2)C1. The highest BCUT2D eigenvalue weighted by Gasteiger charge is 2.36. The third-order valence-corrected chi connectivity index (χ3v) is 4.62. The van der Waals surface area contributed by atoms with Gasteiger partial charge in [-0.3, -0.25) is 9.80 Å². The molecule has 2 aliphatic heterocycles. The molecule has 2 heterocycles. The van der Waals surface area contributed by atoms with Gasteiger partial charge in [-0.2, -0.15) is 0 Å². The first kappa shape index (κ1) is 16.8. The summed E-state index contributed by atoms with van der Waals surface area (Å²) >= 11 is 0. The third-order valence-electron chi connectivity index (χ3n) is 4.62. The van der Waals surface area contributed by atoms with Gasteiger partial charge in [0.15, 0.2) is 0 Å². The Morgan fingerprint density at radius 3 is 2.65 bits per heavy atom. The number of hydrogen-bond donors (Lipinski definition) is 0. The van der Waals surface area contributed by atoms with E-state index in [0.717, 1.165) is 39.2 Å². The van der Waals surface area contributed by atoms with Crippen molar-refractivity contribution in [3.05, 3.63) is 35.9 Å². The van der Waals surface area contributed by atoms with Crippen molar-refractivity contribution in [1.29, 1.82) is 0 Å². The molecule has 1 aromatic carbocycles. The van der Waals surface area contributed by atoms with Crippen molar-refractivity contribution < 1.29 is 13.5 Å². The van der Waals surface area contributed by atoms with Crippen LogP contribution in [0.15, 0.2) is 30.3 Å². The fourth-order valence-corrected chi connectivity index (χ4v) is 3.56. The number of piperidine rings is 1. The molecule has 5 heteroatoms. The van der Waals surface area contributed by atoms with Crippen molar-refractivity contribution in [2.45, 2.75) is 37.8 Å². The van der Waals surface area contributed by atoms with Crippen molar-refractivity contribution in [2.24, 2.45) is 0 Å². The second-order valence-corrected chi connectivity index (χ2v) is 6.76. The number of nitrogens with zero attached hydrogens (tertiary/aromatic N) is 2. The molecule has 1 atom stereocenters. The van der Waals surface area contributed by atoms with Gasteiger partial charge in [-0.25, -0.2) is 8.78 Å². The summed E-state index contributed by atoms with van der Waals surface area (Å²) in [5.41, 5.74) is 1.29. The van der Waals surface area contributed by atoms with Crippen molar-refractivity contribution >= 4 is 0 Å². The van der Waals surface area contributed by atoms with Crippen LogP contribution in [0.3, 0.4) is 0 Å². The number of alkyl halides is 2. The van der Waals surface area contributed by atoms with E-state index in [9.17, 15) is 8.78 Å². The average Bonchev–Trinajstić information content (AvgIpc) is 2.72. The van der Waals surface area contributed by atoms with Crippen LogP contribution in [0.5, 0.6) is 0 Å². The summed E-state index contributed by atoms with van der Waals surface area (Å²) in [7, 11) is 0. The van der Waals surface area contributed by atoms with Crippen LogP contribution in [0.4, 0.5) is 8.78 Å². The number of hydrogen-bond acceptors (Lipinski definition) is 3.